The van der Waals surface area contributed by atoms with Crippen LogP contribution < -0.4 is 4.72 Å². The summed E-state index contributed by atoms with van der Waals surface area (Å²) in [6, 6.07) is 12.4. The van der Waals surface area contributed by atoms with Gasteiger partial charge in [0.2, 0.25) is 10.0 Å². The zero-order valence-electron chi connectivity index (χ0n) is 15.5. The maximum Gasteiger partial charge on any atom is 0.243 e. The number of unbranched alkanes of at least 4 members (excludes halogenated alkanes) is 1. The molecule has 28 heavy (non-hydrogen) atoms. The van der Waals surface area contributed by atoms with Crippen LogP contribution in [-0.2, 0) is 14.8 Å². The van der Waals surface area contributed by atoms with Crippen molar-refractivity contribution in [3.05, 3.63) is 65.7 Å². The van der Waals surface area contributed by atoms with E-state index < -0.39 is 26.6 Å². The van der Waals surface area contributed by atoms with Gasteiger partial charge in [0.05, 0.1) is 12.7 Å². The smallest absolute Gasteiger partial charge is 0.243 e. The summed E-state index contributed by atoms with van der Waals surface area (Å²) in [7, 11) is -4.06. The molecule has 0 aliphatic carbocycles. The summed E-state index contributed by atoms with van der Waals surface area (Å²) in [6.45, 7) is 3.28. The Morgan fingerprint density at radius 3 is 2.68 bits per heavy atom. The van der Waals surface area contributed by atoms with Crippen LogP contribution in [0, 0.1) is 11.6 Å². The van der Waals surface area contributed by atoms with E-state index in [4.69, 9.17) is 4.74 Å². The van der Waals surface area contributed by atoms with Gasteiger partial charge in [-0.25, -0.2) is 21.9 Å². The van der Waals surface area contributed by atoms with Crippen molar-refractivity contribution < 1.29 is 21.9 Å². The van der Waals surface area contributed by atoms with Gasteiger partial charge in [-0.15, -0.1) is 0 Å². The minimum Gasteiger partial charge on any atom is -0.371 e. The van der Waals surface area contributed by atoms with E-state index in [1.54, 1.807) is 0 Å². The lowest BCUT2D eigenvalue weighted by Gasteiger charge is -2.33. The molecule has 1 unspecified atom stereocenters. The van der Waals surface area contributed by atoms with Crippen molar-refractivity contribution in [2.75, 3.05) is 32.8 Å². The van der Waals surface area contributed by atoms with E-state index in [1.165, 1.54) is 0 Å². The first kappa shape index (κ1) is 20.9. The summed E-state index contributed by atoms with van der Waals surface area (Å²) in [4.78, 5) is 1.63. The van der Waals surface area contributed by atoms with Crippen LogP contribution >= 0.6 is 0 Å². The summed E-state index contributed by atoms with van der Waals surface area (Å²) in [6.07, 6.45) is 1.43. The molecule has 0 saturated carbocycles. The van der Waals surface area contributed by atoms with Crippen LogP contribution in [0.25, 0.3) is 0 Å². The molecule has 152 valence electrons. The molecule has 8 heteroatoms. The summed E-state index contributed by atoms with van der Waals surface area (Å²) < 4.78 is 59.3. The van der Waals surface area contributed by atoms with Gasteiger partial charge < -0.3 is 4.74 Å². The lowest BCUT2D eigenvalue weighted by Crippen LogP contribution is -2.39. The molecule has 1 N–H and O–H groups in total. The summed E-state index contributed by atoms with van der Waals surface area (Å²) >= 11 is 0. The summed E-state index contributed by atoms with van der Waals surface area (Å²) in [5.41, 5.74) is 1.15. The van der Waals surface area contributed by atoms with Crippen LogP contribution in [0.1, 0.15) is 24.5 Å². The van der Waals surface area contributed by atoms with Gasteiger partial charge in [-0.1, -0.05) is 30.3 Å². The molecule has 1 saturated heterocycles. The Morgan fingerprint density at radius 2 is 1.89 bits per heavy atom. The average Bonchev–Trinajstić information content (AvgIpc) is 2.70. The van der Waals surface area contributed by atoms with Crippen molar-refractivity contribution in [1.29, 1.82) is 0 Å². The average molecular weight is 410 g/mol. The fourth-order valence-electron chi connectivity index (χ4n) is 3.20. The van der Waals surface area contributed by atoms with Crippen molar-refractivity contribution >= 4 is 10.0 Å². The molecule has 0 spiro atoms. The first-order valence-corrected chi connectivity index (χ1v) is 10.8. The SMILES string of the molecule is O=S(=O)(NCCCCN1CCOC(c2ccccc2)C1)c1cc(F)ccc1F. The number of benzene rings is 2. The predicted octanol–water partition coefficient (Wildman–Crippen LogP) is 3.10. The van der Waals surface area contributed by atoms with Crippen molar-refractivity contribution in [1.82, 2.24) is 9.62 Å². The Bertz CT molecular complexity index is 878. The number of nitrogens with one attached hydrogen (secondary N) is 1. The van der Waals surface area contributed by atoms with E-state index in [0.717, 1.165) is 43.8 Å². The zero-order valence-corrected chi connectivity index (χ0v) is 16.3. The Kier molecular flexibility index (Phi) is 7.12. The van der Waals surface area contributed by atoms with Crippen molar-refractivity contribution in [2.24, 2.45) is 0 Å². The number of rotatable bonds is 8. The van der Waals surface area contributed by atoms with Crippen molar-refractivity contribution in [3.63, 3.8) is 0 Å². The Labute approximate surface area is 164 Å². The number of morpholine rings is 1. The van der Waals surface area contributed by atoms with E-state index in [2.05, 4.69) is 21.8 Å². The number of sulfonamides is 1. The molecule has 1 aliphatic heterocycles. The molecule has 0 aromatic heterocycles. The lowest BCUT2D eigenvalue weighted by atomic mass is 10.1. The monoisotopic (exact) mass is 410 g/mol. The molecule has 1 atom stereocenters. The zero-order chi connectivity index (χ0) is 20.0. The van der Waals surface area contributed by atoms with E-state index in [1.807, 2.05) is 18.2 Å². The van der Waals surface area contributed by atoms with E-state index >= 15 is 0 Å². The third-order valence-corrected chi connectivity index (χ3v) is 6.17. The Hall–Kier alpha value is -1.87. The van der Waals surface area contributed by atoms with Gasteiger partial charge in [0, 0.05) is 19.6 Å². The first-order chi connectivity index (χ1) is 13.5. The van der Waals surface area contributed by atoms with Gasteiger partial charge in [0.15, 0.2) is 0 Å². The second-order valence-electron chi connectivity index (χ2n) is 6.75. The maximum absolute atomic E-state index is 13.7. The molecule has 0 amide bonds. The van der Waals surface area contributed by atoms with Gasteiger partial charge in [-0.2, -0.15) is 0 Å². The molecular weight excluding hydrogens is 386 g/mol. The highest BCUT2D eigenvalue weighted by Crippen LogP contribution is 2.22. The number of nitrogens with zero attached hydrogens (tertiary/aromatic N) is 1. The quantitative estimate of drug-likeness (QED) is 0.680. The van der Waals surface area contributed by atoms with Crippen molar-refractivity contribution in [3.8, 4) is 0 Å². The summed E-state index contributed by atoms with van der Waals surface area (Å²) in [5.74, 6) is -1.75. The molecule has 1 aliphatic rings. The molecule has 5 nitrogen and oxygen atoms in total. The fraction of sp³-hybridized carbons (Fsp3) is 0.400. The molecule has 0 radical (unpaired) electrons. The molecular formula is C20H24F2N2O3S. The van der Waals surface area contributed by atoms with Gasteiger partial charge in [-0.05, 0) is 43.1 Å². The first-order valence-electron chi connectivity index (χ1n) is 9.29. The highest BCUT2D eigenvalue weighted by Gasteiger charge is 2.22. The third-order valence-electron chi connectivity index (χ3n) is 4.70. The largest absolute Gasteiger partial charge is 0.371 e. The Balaban J connectivity index is 1.42. The second kappa shape index (κ2) is 9.56. The lowest BCUT2D eigenvalue weighted by molar-refractivity contribution is -0.0303. The number of hydrogen-bond donors (Lipinski definition) is 1. The highest BCUT2D eigenvalue weighted by atomic mass is 32.2. The standard InChI is InChI=1S/C20H24F2N2O3S/c21-17-8-9-18(22)20(14-17)28(25,26)23-10-4-5-11-24-12-13-27-19(15-24)16-6-2-1-3-7-16/h1-3,6-9,14,19,23H,4-5,10-13,15H2. The molecule has 1 heterocycles. The number of ether oxygens (including phenoxy) is 1. The van der Waals surface area contributed by atoms with E-state index in [9.17, 15) is 17.2 Å². The Morgan fingerprint density at radius 1 is 1.11 bits per heavy atom. The van der Waals surface area contributed by atoms with Crippen LogP contribution in [0.2, 0.25) is 0 Å². The van der Waals surface area contributed by atoms with Gasteiger partial charge in [-0.3, -0.25) is 4.90 Å². The van der Waals surface area contributed by atoms with Gasteiger partial charge >= 0.3 is 0 Å². The van der Waals surface area contributed by atoms with Gasteiger partial charge in [0.25, 0.3) is 0 Å². The molecule has 2 aromatic rings. The van der Waals surface area contributed by atoms with Crippen LogP contribution in [0.3, 0.4) is 0 Å². The minimum absolute atomic E-state index is 0.0457. The van der Waals surface area contributed by atoms with Crippen LogP contribution in [-0.4, -0.2) is 46.1 Å². The van der Waals surface area contributed by atoms with E-state index in [-0.39, 0.29) is 12.6 Å². The van der Waals surface area contributed by atoms with Crippen molar-refractivity contribution in [2.45, 2.75) is 23.8 Å². The molecule has 1 fully saturated rings. The van der Waals surface area contributed by atoms with Crippen LogP contribution in [0.4, 0.5) is 8.78 Å². The normalized spacial score (nSPS) is 18.3. The fourth-order valence-corrected chi connectivity index (χ4v) is 4.36. The minimum atomic E-state index is -4.06. The topological polar surface area (TPSA) is 58.6 Å². The summed E-state index contributed by atoms with van der Waals surface area (Å²) in [5, 5.41) is 0. The number of hydrogen-bond acceptors (Lipinski definition) is 4. The number of halogens is 2. The molecule has 0 bridgehead atoms. The maximum atomic E-state index is 13.7. The molecule has 3 rings (SSSR count). The van der Waals surface area contributed by atoms with Crippen LogP contribution in [0.5, 0.6) is 0 Å². The predicted molar refractivity (Wildman–Crippen MR) is 102 cm³/mol. The molecule has 2 aromatic carbocycles. The van der Waals surface area contributed by atoms with E-state index in [0.29, 0.717) is 19.1 Å². The highest BCUT2D eigenvalue weighted by molar-refractivity contribution is 7.89. The second-order valence-corrected chi connectivity index (χ2v) is 8.49. The van der Waals surface area contributed by atoms with Gasteiger partial charge in [0.1, 0.15) is 16.5 Å². The van der Waals surface area contributed by atoms with Crippen LogP contribution in [0.15, 0.2) is 53.4 Å². The third kappa shape index (κ3) is 5.57.